The topological polar surface area (TPSA) is 50.5 Å². The number of aryl methyl sites for hydroxylation is 1. The van der Waals surface area contributed by atoms with Crippen LogP contribution in [-0.4, -0.2) is 16.0 Å². The summed E-state index contributed by atoms with van der Waals surface area (Å²) < 4.78 is 19.0. The molecule has 1 aliphatic heterocycles. The average Bonchev–Trinajstić information content (AvgIpc) is 3.26. The van der Waals surface area contributed by atoms with E-state index in [1.165, 1.54) is 18.2 Å². The second-order valence-electron chi connectivity index (χ2n) is 6.67. The number of imide groups is 1. The molecule has 0 bridgehead atoms. The number of halogens is 3. The number of furan rings is 1. The van der Waals surface area contributed by atoms with Gasteiger partial charge in [-0.15, -0.1) is 0 Å². The Morgan fingerprint density at radius 3 is 2.60 bits per heavy atom. The van der Waals surface area contributed by atoms with Crippen LogP contribution in [0.5, 0.6) is 0 Å². The van der Waals surface area contributed by atoms with Gasteiger partial charge in [-0.25, -0.2) is 4.39 Å². The number of hydrogen-bond acceptors (Lipinski definition) is 4. The van der Waals surface area contributed by atoms with Crippen molar-refractivity contribution in [1.82, 2.24) is 4.90 Å². The van der Waals surface area contributed by atoms with E-state index in [2.05, 4.69) is 0 Å². The van der Waals surface area contributed by atoms with E-state index in [1.807, 2.05) is 19.1 Å². The normalized spacial score (nSPS) is 15.5. The maximum absolute atomic E-state index is 13.2. The minimum Gasteiger partial charge on any atom is -0.457 e. The maximum Gasteiger partial charge on any atom is 0.293 e. The molecule has 8 heteroatoms. The quantitative estimate of drug-likeness (QED) is 0.394. The molecule has 2 heterocycles. The van der Waals surface area contributed by atoms with Gasteiger partial charge in [0.05, 0.1) is 11.4 Å². The second-order valence-corrected chi connectivity index (χ2v) is 8.48. The van der Waals surface area contributed by atoms with Crippen molar-refractivity contribution < 1.29 is 18.4 Å². The van der Waals surface area contributed by atoms with E-state index >= 15 is 0 Å². The number of carbonyl (C=O) groups excluding carboxylic acids is 2. The first-order valence-electron chi connectivity index (χ1n) is 8.87. The lowest BCUT2D eigenvalue weighted by molar-refractivity contribution is -0.123. The minimum atomic E-state index is -0.485. The zero-order chi connectivity index (χ0) is 21.4. The molecule has 0 atom stereocenters. The highest BCUT2D eigenvalue weighted by atomic mass is 35.5. The smallest absolute Gasteiger partial charge is 0.293 e. The van der Waals surface area contributed by atoms with Gasteiger partial charge in [-0.05, 0) is 60.1 Å². The molecule has 2 amide bonds. The number of amides is 2. The van der Waals surface area contributed by atoms with Crippen molar-refractivity contribution in [2.45, 2.75) is 13.5 Å². The van der Waals surface area contributed by atoms with Crippen molar-refractivity contribution in [1.29, 1.82) is 0 Å². The number of carbonyl (C=O) groups is 2. The van der Waals surface area contributed by atoms with Gasteiger partial charge in [0.15, 0.2) is 0 Å². The van der Waals surface area contributed by atoms with Crippen LogP contribution in [0.25, 0.3) is 17.4 Å². The van der Waals surface area contributed by atoms with Gasteiger partial charge in [0.1, 0.15) is 17.3 Å². The number of benzene rings is 2. The molecule has 0 radical (unpaired) electrons. The van der Waals surface area contributed by atoms with E-state index in [0.29, 0.717) is 22.1 Å². The summed E-state index contributed by atoms with van der Waals surface area (Å²) in [4.78, 5) is 26.3. The summed E-state index contributed by atoms with van der Waals surface area (Å²) in [7, 11) is 0. The first-order valence-corrected chi connectivity index (χ1v) is 10.4. The molecule has 1 aliphatic rings. The van der Waals surface area contributed by atoms with Crippen molar-refractivity contribution >= 4 is 52.2 Å². The van der Waals surface area contributed by atoms with Gasteiger partial charge >= 0.3 is 0 Å². The Labute approximate surface area is 186 Å². The van der Waals surface area contributed by atoms with Crippen LogP contribution in [0.1, 0.15) is 16.9 Å². The molecule has 4 nitrogen and oxygen atoms in total. The van der Waals surface area contributed by atoms with Crippen LogP contribution in [0.2, 0.25) is 10.0 Å². The second kappa shape index (κ2) is 8.30. The van der Waals surface area contributed by atoms with Crippen molar-refractivity contribution in [2.75, 3.05) is 0 Å². The largest absolute Gasteiger partial charge is 0.457 e. The lowest BCUT2D eigenvalue weighted by atomic mass is 10.1. The monoisotopic (exact) mass is 461 g/mol. The zero-order valence-electron chi connectivity index (χ0n) is 15.6. The Morgan fingerprint density at radius 1 is 1.07 bits per heavy atom. The molecule has 1 fully saturated rings. The lowest BCUT2D eigenvalue weighted by Gasteiger charge is -2.13. The lowest BCUT2D eigenvalue weighted by Crippen LogP contribution is -2.27. The summed E-state index contributed by atoms with van der Waals surface area (Å²) in [5.74, 6) is 0.0930. The standard InChI is InChI=1S/C22H14Cl2FNO3S/c1-12-2-3-13(8-17(12)23)19-7-6-16(29-19)10-20-21(27)26(22(28)30-20)11-14-4-5-15(25)9-18(14)24/h2-10H,11H2,1H3/b20-10-. The van der Waals surface area contributed by atoms with E-state index in [0.717, 1.165) is 33.9 Å². The number of thioether (sulfide) groups is 1. The third-order valence-electron chi connectivity index (χ3n) is 4.57. The van der Waals surface area contributed by atoms with E-state index in [1.54, 1.807) is 18.2 Å². The van der Waals surface area contributed by atoms with Crippen molar-refractivity contribution in [3.8, 4) is 11.3 Å². The Balaban J connectivity index is 1.55. The average molecular weight is 462 g/mol. The van der Waals surface area contributed by atoms with Crippen LogP contribution in [0.3, 0.4) is 0 Å². The van der Waals surface area contributed by atoms with Crippen LogP contribution >= 0.6 is 35.0 Å². The summed E-state index contributed by atoms with van der Waals surface area (Å²) >= 11 is 13.0. The first-order chi connectivity index (χ1) is 14.3. The fourth-order valence-corrected chi connectivity index (χ4v) is 4.14. The Morgan fingerprint density at radius 2 is 1.87 bits per heavy atom. The fraction of sp³-hybridized carbons (Fsp3) is 0.0909. The highest BCUT2D eigenvalue weighted by molar-refractivity contribution is 8.18. The predicted octanol–water partition coefficient (Wildman–Crippen LogP) is 6.94. The minimum absolute atomic E-state index is 0.0353. The van der Waals surface area contributed by atoms with Crippen molar-refractivity contribution in [3.05, 3.63) is 86.2 Å². The van der Waals surface area contributed by atoms with Crippen molar-refractivity contribution in [3.63, 3.8) is 0 Å². The van der Waals surface area contributed by atoms with Gasteiger partial charge in [-0.2, -0.15) is 0 Å². The summed E-state index contributed by atoms with van der Waals surface area (Å²) in [5, 5.41) is 0.361. The van der Waals surface area contributed by atoms with Gasteiger partial charge < -0.3 is 4.42 Å². The van der Waals surface area contributed by atoms with Gasteiger partial charge in [0.2, 0.25) is 0 Å². The molecule has 0 N–H and O–H groups in total. The summed E-state index contributed by atoms with van der Waals surface area (Å²) in [6.07, 6.45) is 1.52. The molecule has 0 aliphatic carbocycles. The molecule has 3 aromatic rings. The molecule has 30 heavy (non-hydrogen) atoms. The van der Waals surface area contributed by atoms with Crippen LogP contribution in [0.15, 0.2) is 57.9 Å². The summed E-state index contributed by atoms with van der Waals surface area (Å²) in [6, 6.07) is 12.9. The molecule has 1 aromatic heterocycles. The Kier molecular flexibility index (Phi) is 5.73. The molecular weight excluding hydrogens is 448 g/mol. The first kappa shape index (κ1) is 20.7. The SMILES string of the molecule is Cc1ccc(-c2ccc(/C=C3\SC(=O)N(Cc4ccc(F)cc4Cl)C3=O)o2)cc1Cl. The molecule has 0 unspecified atom stereocenters. The van der Waals surface area contributed by atoms with Crippen LogP contribution in [-0.2, 0) is 11.3 Å². The van der Waals surface area contributed by atoms with Crippen molar-refractivity contribution in [2.24, 2.45) is 0 Å². The van der Waals surface area contributed by atoms with Gasteiger partial charge in [-0.3, -0.25) is 14.5 Å². The van der Waals surface area contributed by atoms with Gasteiger partial charge in [-0.1, -0.05) is 41.4 Å². The highest BCUT2D eigenvalue weighted by Gasteiger charge is 2.35. The predicted molar refractivity (Wildman–Crippen MR) is 117 cm³/mol. The Bertz CT molecular complexity index is 1200. The molecular formula is C22H14Cl2FNO3S. The van der Waals surface area contributed by atoms with Crippen LogP contribution in [0, 0.1) is 12.7 Å². The van der Waals surface area contributed by atoms with E-state index < -0.39 is 17.0 Å². The number of rotatable bonds is 4. The van der Waals surface area contributed by atoms with E-state index in [4.69, 9.17) is 27.6 Å². The fourth-order valence-electron chi connectivity index (χ4n) is 2.92. The van der Waals surface area contributed by atoms with E-state index in [-0.39, 0.29) is 16.5 Å². The molecule has 152 valence electrons. The summed E-state index contributed by atoms with van der Waals surface area (Å²) in [5.41, 5.74) is 2.25. The molecule has 0 spiro atoms. The maximum atomic E-state index is 13.2. The Hall–Kier alpha value is -2.54. The third-order valence-corrected chi connectivity index (χ3v) is 6.24. The van der Waals surface area contributed by atoms with Crippen LogP contribution in [0.4, 0.5) is 9.18 Å². The molecule has 4 rings (SSSR count). The van der Waals surface area contributed by atoms with Gasteiger partial charge in [0.25, 0.3) is 11.1 Å². The van der Waals surface area contributed by atoms with E-state index in [9.17, 15) is 14.0 Å². The van der Waals surface area contributed by atoms with Gasteiger partial charge in [0, 0.05) is 21.7 Å². The number of hydrogen-bond donors (Lipinski definition) is 0. The zero-order valence-corrected chi connectivity index (χ0v) is 17.9. The van der Waals surface area contributed by atoms with Crippen LogP contribution < -0.4 is 0 Å². The summed E-state index contributed by atoms with van der Waals surface area (Å²) in [6.45, 7) is 1.88. The highest BCUT2D eigenvalue weighted by Crippen LogP contribution is 2.35. The number of nitrogens with zero attached hydrogens (tertiary/aromatic N) is 1. The third kappa shape index (κ3) is 4.17. The molecule has 1 saturated heterocycles. The molecule has 0 saturated carbocycles. The molecule has 2 aromatic carbocycles.